The maximum absolute atomic E-state index is 12.9. The predicted octanol–water partition coefficient (Wildman–Crippen LogP) is 3.09. The summed E-state index contributed by atoms with van der Waals surface area (Å²) in [4.78, 5) is 8.32. The van der Waals surface area contributed by atoms with E-state index in [0.717, 1.165) is 11.3 Å². The summed E-state index contributed by atoms with van der Waals surface area (Å²) in [7, 11) is 1.85. The fourth-order valence-corrected chi connectivity index (χ4v) is 1.75. The summed E-state index contributed by atoms with van der Waals surface area (Å²) in [6.07, 6.45) is 1.69. The Bertz CT molecular complexity index is 592. The number of benzene rings is 1. The Morgan fingerprint density at radius 3 is 2.84 bits per heavy atom. The molecule has 0 radical (unpaired) electrons. The van der Waals surface area contributed by atoms with Gasteiger partial charge in [-0.2, -0.15) is 4.98 Å². The fourth-order valence-electron chi connectivity index (χ4n) is 1.54. The van der Waals surface area contributed by atoms with Gasteiger partial charge in [-0.1, -0.05) is 11.6 Å². The number of nitrogens with one attached hydrogen (secondary N) is 1. The van der Waals surface area contributed by atoms with Crippen molar-refractivity contribution in [1.82, 2.24) is 15.3 Å². The van der Waals surface area contributed by atoms with Crippen LogP contribution in [-0.4, -0.2) is 17.0 Å². The molecule has 0 fully saturated rings. The molecule has 4 nitrogen and oxygen atoms in total. The van der Waals surface area contributed by atoms with Gasteiger partial charge in [-0.3, -0.25) is 0 Å². The fraction of sp³-hybridized carbons (Fsp3) is 0.231. The third-order valence-electron chi connectivity index (χ3n) is 2.52. The number of hydrogen-bond acceptors (Lipinski definition) is 4. The number of ether oxygens (including phenoxy) is 1. The zero-order chi connectivity index (χ0) is 13.8. The van der Waals surface area contributed by atoms with Gasteiger partial charge < -0.3 is 10.1 Å². The first kappa shape index (κ1) is 13.7. The first-order chi connectivity index (χ1) is 9.10. The number of rotatable bonds is 4. The van der Waals surface area contributed by atoms with Crippen molar-refractivity contribution >= 4 is 11.6 Å². The molecule has 0 amide bonds. The van der Waals surface area contributed by atoms with Gasteiger partial charge >= 0.3 is 6.01 Å². The normalized spacial score (nSPS) is 10.5. The van der Waals surface area contributed by atoms with Crippen LogP contribution in [0.1, 0.15) is 11.3 Å². The largest absolute Gasteiger partial charge is 0.423 e. The Labute approximate surface area is 115 Å². The minimum Gasteiger partial charge on any atom is -0.423 e. The Hall–Kier alpha value is -1.72. The lowest BCUT2D eigenvalue weighted by molar-refractivity contribution is 0.438. The van der Waals surface area contributed by atoms with Crippen molar-refractivity contribution < 1.29 is 9.13 Å². The van der Waals surface area contributed by atoms with E-state index in [9.17, 15) is 4.39 Å². The lowest BCUT2D eigenvalue weighted by Crippen LogP contribution is -2.08. The lowest BCUT2D eigenvalue weighted by atomic mass is 10.2. The Morgan fingerprint density at radius 1 is 1.42 bits per heavy atom. The minimum absolute atomic E-state index is 0.181. The number of halogens is 2. The summed E-state index contributed by atoms with van der Waals surface area (Å²) < 4.78 is 18.3. The van der Waals surface area contributed by atoms with Crippen molar-refractivity contribution in [2.75, 3.05) is 7.05 Å². The molecular formula is C13H13ClFN3O. The van der Waals surface area contributed by atoms with Crippen LogP contribution in [0.4, 0.5) is 4.39 Å². The second-order valence-corrected chi connectivity index (χ2v) is 4.38. The van der Waals surface area contributed by atoms with E-state index in [-0.39, 0.29) is 11.0 Å². The Balaban J connectivity index is 2.21. The number of aryl methyl sites for hydroxylation is 1. The van der Waals surface area contributed by atoms with E-state index in [1.807, 2.05) is 14.0 Å². The van der Waals surface area contributed by atoms with Crippen LogP contribution < -0.4 is 10.1 Å². The van der Waals surface area contributed by atoms with Crippen molar-refractivity contribution in [2.45, 2.75) is 13.5 Å². The average molecular weight is 282 g/mol. The van der Waals surface area contributed by atoms with Gasteiger partial charge in [-0.05, 0) is 32.2 Å². The molecule has 1 aromatic heterocycles. The Kier molecular flexibility index (Phi) is 4.29. The highest BCUT2D eigenvalue weighted by atomic mass is 35.5. The van der Waals surface area contributed by atoms with Gasteiger partial charge in [0.05, 0.1) is 5.02 Å². The molecule has 0 aliphatic heterocycles. The zero-order valence-electron chi connectivity index (χ0n) is 10.6. The van der Waals surface area contributed by atoms with E-state index >= 15 is 0 Å². The molecule has 100 valence electrons. The molecular weight excluding hydrogens is 269 g/mol. The second kappa shape index (κ2) is 5.95. The minimum atomic E-state index is -0.418. The van der Waals surface area contributed by atoms with Crippen molar-refractivity contribution in [3.63, 3.8) is 0 Å². The van der Waals surface area contributed by atoms with E-state index in [1.54, 1.807) is 6.20 Å². The van der Waals surface area contributed by atoms with Crippen LogP contribution in [-0.2, 0) is 6.54 Å². The lowest BCUT2D eigenvalue weighted by Gasteiger charge is -2.08. The molecule has 1 aromatic carbocycles. The topological polar surface area (TPSA) is 47.0 Å². The quantitative estimate of drug-likeness (QED) is 0.935. The first-order valence-electron chi connectivity index (χ1n) is 5.70. The van der Waals surface area contributed by atoms with Gasteiger partial charge in [-0.15, -0.1) is 0 Å². The number of aromatic nitrogens is 2. The predicted molar refractivity (Wildman–Crippen MR) is 71.0 cm³/mol. The molecule has 2 rings (SSSR count). The van der Waals surface area contributed by atoms with Crippen LogP contribution in [0.25, 0.3) is 0 Å². The summed E-state index contributed by atoms with van der Waals surface area (Å²) in [6, 6.07) is 4.08. The molecule has 0 saturated carbocycles. The summed E-state index contributed by atoms with van der Waals surface area (Å²) >= 11 is 5.87. The van der Waals surface area contributed by atoms with Gasteiger partial charge in [0.15, 0.2) is 0 Å². The number of hydrogen-bond donors (Lipinski definition) is 1. The third kappa shape index (κ3) is 3.39. The molecule has 0 unspecified atom stereocenters. The average Bonchev–Trinajstić information content (AvgIpc) is 2.36. The highest BCUT2D eigenvalue weighted by molar-refractivity contribution is 6.32. The van der Waals surface area contributed by atoms with Gasteiger partial charge in [0.1, 0.15) is 11.6 Å². The molecule has 0 aliphatic rings. The number of nitrogens with zero attached hydrogens (tertiary/aromatic N) is 2. The summed E-state index contributed by atoms with van der Waals surface area (Å²) in [5.74, 6) is -0.0948. The summed E-state index contributed by atoms with van der Waals surface area (Å²) in [5, 5.41) is 3.21. The summed E-state index contributed by atoms with van der Waals surface area (Å²) in [6.45, 7) is 2.55. The molecule has 1 N–H and O–H groups in total. The van der Waals surface area contributed by atoms with Crippen LogP contribution in [0.3, 0.4) is 0 Å². The standard InChI is InChI=1S/C13H13ClFN3O/c1-8-9(6-16-2)7-17-13(18-8)19-12-4-3-10(15)5-11(12)14/h3-5,7,16H,6H2,1-2H3. The van der Waals surface area contributed by atoms with Crippen LogP contribution in [0, 0.1) is 12.7 Å². The zero-order valence-corrected chi connectivity index (χ0v) is 11.3. The van der Waals surface area contributed by atoms with Crippen LogP contribution >= 0.6 is 11.6 Å². The van der Waals surface area contributed by atoms with Crippen molar-refractivity contribution in [3.05, 3.63) is 46.5 Å². The monoisotopic (exact) mass is 281 g/mol. The Morgan fingerprint density at radius 2 is 2.21 bits per heavy atom. The van der Waals surface area contributed by atoms with Crippen LogP contribution in [0.2, 0.25) is 5.02 Å². The smallest absolute Gasteiger partial charge is 0.322 e. The SMILES string of the molecule is CNCc1cnc(Oc2ccc(F)cc2Cl)nc1C. The van der Waals surface area contributed by atoms with E-state index in [1.165, 1.54) is 18.2 Å². The molecule has 0 bridgehead atoms. The van der Waals surface area contributed by atoms with E-state index < -0.39 is 5.82 Å². The first-order valence-corrected chi connectivity index (χ1v) is 6.08. The molecule has 0 saturated heterocycles. The van der Waals surface area contributed by atoms with Crippen LogP contribution in [0.5, 0.6) is 11.8 Å². The molecule has 1 heterocycles. The van der Waals surface area contributed by atoms with Crippen molar-refractivity contribution in [1.29, 1.82) is 0 Å². The van der Waals surface area contributed by atoms with Crippen LogP contribution in [0.15, 0.2) is 24.4 Å². The highest BCUT2D eigenvalue weighted by Gasteiger charge is 2.08. The van der Waals surface area contributed by atoms with E-state index in [0.29, 0.717) is 12.3 Å². The molecule has 19 heavy (non-hydrogen) atoms. The highest BCUT2D eigenvalue weighted by Crippen LogP contribution is 2.28. The van der Waals surface area contributed by atoms with Gasteiger partial charge in [-0.25, -0.2) is 9.37 Å². The molecule has 0 atom stereocenters. The molecule has 0 spiro atoms. The molecule has 6 heteroatoms. The second-order valence-electron chi connectivity index (χ2n) is 3.97. The molecule has 0 aliphatic carbocycles. The molecule has 2 aromatic rings. The van der Waals surface area contributed by atoms with Gasteiger partial charge in [0, 0.05) is 24.0 Å². The van der Waals surface area contributed by atoms with E-state index in [2.05, 4.69) is 15.3 Å². The summed E-state index contributed by atoms with van der Waals surface area (Å²) in [5.41, 5.74) is 1.80. The van der Waals surface area contributed by atoms with Crippen molar-refractivity contribution in [3.8, 4) is 11.8 Å². The maximum atomic E-state index is 12.9. The van der Waals surface area contributed by atoms with Gasteiger partial charge in [0.2, 0.25) is 0 Å². The van der Waals surface area contributed by atoms with Crippen molar-refractivity contribution in [2.24, 2.45) is 0 Å². The van der Waals surface area contributed by atoms with E-state index in [4.69, 9.17) is 16.3 Å². The third-order valence-corrected chi connectivity index (χ3v) is 2.82. The maximum Gasteiger partial charge on any atom is 0.322 e. The van der Waals surface area contributed by atoms with Gasteiger partial charge in [0.25, 0.3) is 0 Å².